The fraction of sp³-hybridized carbons (Fsp3) is 0.682. The molecule has 0 radical (unpaired) electrons. The summed E-state index contributed by atoms with van der Waals surface area (Å²) in [5.41, 5.74) is -2.33. The Labute approximate surface area is 198 Å². The van der Waals surface area contributed by atoms with Crippen molar-refractivity contribution in [2.75, 3.05) is 7.05 Å². The third-order valence-corrected chi connectivity index (χ3v) is 5.68. The summed E-state index contributed by atoms with van der Waals surface area (Å²) in [7, 11) is 1.59. The Kier molecular flexibility index (Phi) is 6.40. The average Bonchev–Trinajstić information content (AvgIpc) is 2.94. The van der Waals surface area contributed by atoms with Crippen LogP contribution in [-0.2, 0) is 23.8 Å². The molecule has 0 aromatic rings. The zero-order valence-corrected chi connectivity index (χ0v) is 20.7. The molecule has 11 heteroatoms. The van der Waals surface area contributed by atoms with Gasteiger partial charge < -0.3 is 19.3 Å². The van der Waals surface area contributed by atoms with Gasteiger partial charge in [-0.2, -0.15) is 0 Å². The summed E-state index contributed by atoms with van der Waals surface area (Å²) in [5, 5.41) is 11.7. The maximum atomic E-state index is 13.1. The Morgan fingerprint density at radius 3 is 2.30 bits per heavy atom. The minimum absolute atomic E-state index is 0.248. The van der Waals surface area contributed by atoms with E-state index in [-0.39, 0.29) is 6.42 Å². The normalized spacial score (nSPS) is 27.5. The van der Waals surface area contributed by atoms with Crippen LogP contribution in [0.1, 0.15) is 60.8 Å². The number of hydrogen-bond donors (Lipinski definition) is 1. The number of carbonyl (C=O) groups excluding carboxylic acids is 2. The van der Waals surface area contributed by atoms with Gasteiger partial charge in [0.25, 0.3) is 0 Å². The van der Waals surface area contributed by atoms with Gasteiger partial charge in [0.15, 0.2) is 5.60 Å². The lowest BCUT2D eigenvalue weighted by Crippen LogP contribution is -2.59. The second kappa shape index (κ2) is 8.39. The molecule has 10 nitrogen and oxygen atoms in total. The Balaban J connectivity index is 2.15. The van der Waals surface area contributed by atoms with Crippen molar-refractivity contribution in [1.82, 2.24) is 9.96 Å². The number of carboxylic acids is 1. The van der Waals surface area contributed by atoms with Crippen molar-refractivity contribution >= 4 is 29.8 Å². The molecule has 1 aliphatic carbocycles. The van der Waals surface area contributed by atoms with Gasteiger partial charge in [0, 0.05) is 19.0 Å². The van der Waals surface area contributed by atoms with Crippen LogP contribution >= 0.6 is 11.6 Å². The van der Waals surface area contributed by atoms with Crippen molar-refractivity contribution in [2.45, 2.75) is 89.9 Å². The van der Waals surface area contributed by atoms with Crippen molar-refractivity contribution in [1.29, 1.82) is 0 Å². The van der Waals surface area contributed by atoms with Crippen molar-refractivity contribution in [3.8, 4) is 0 Å². The highest BCUT2D eigenvalue weighted by atomic mass is 35.5. The lowest BCUT2D eigenvalue weighted by molar-refractivity contribution is -0.254. The van der Waals surface area contributed by atoms with Gasteiger partial charge in [0.05, 0.1) is 10.7 Å². The highest BCUT2D eigenvalue weighted by Gasteiger charge is 2.66. The number of likely N-dealkylation sites (N-methyl/N-ethyl adjacent to an activating group) is 1. The van der Waals surface area contributed by atoms with E-state index in [1.807, 2.05) is 0 Å². The van der Waals surface area contributed by atoms with Crippen molar-refractivity contribution in [3.63, 3.8) is 0 Å². The highest BCUT2D eigenvalue weighted by molar-refractivity contribution is 6.32. The summed E-state index contributed by atoms with van der Waals surface area (Å²) in [6.07, 6.45) is -0.682. The van der Waals surface area contributed by atoms with E-state index in [9.17, 15) is 19.5 Å². The van der Waals surface area contributed by atoms with E-state index in [1.54, 1.807) is 54.7 Å². The number of carbonyl (C=O) groups is 3. The van der Waals surface area contributed by atoms with E-state index in [1.165, 1.54) is 5.06 Å². The molecule has 3 atom stereocenters. The molecule has 1 amide bonds. The summed E-state index contributed by atoms with van der Waals surface area (Å²) in [4.78, 5) is 45.2. The van der Waals surface area contributed by atoms with Gasteiger partial charge in [0.2, 0.25) is 6.23 Å². The molecule has 0 aromatic carbocycles. The first-order valence-electron chi connectivity index (χ1n) is 10.7. The van der Waals surface area contributed by atoms with E-state index < -0.39 is 47.3 Å². The second-order valence-corrected chi connectivity index (χ2v) is 10.7. The van der Waals surface area contributed by atoms with Crippen LogP contribution in [0.2, 0.25) is 0 Å². The van der Waals surface area contributed by atoms with Crippen LogP contribution in [0, 0.1) is 0 Å². The molecule has 3 rings (SSSR count). The number of fused-ring (bicyclic) bond motifs is 2. The third kappa shape index (κ3) is 4.91. The van der Waals surface area contributed by atoms with E-state index in [4.69, 9.17) is 30.6 Å². The van der Waals surface area contributed by atoms with Crippen LogP contribution in [0.25, 0.3) is 0 Å². The summed E-state index contributed by atoms with van der Waals surface area (Å²) < 4.78 is 16.7. The SMILES string of the molecule is CN1O[C@H]2N(C(=O)OC(C)(C)C)[C@H](C(=O)O)C[C@@]2(OC(=O)OC(C)(C)C)C2=C1C(Cl)=CCC2. The first-order chi connectivity index (χ1) is 15.1. The maximum Gasteiger partial charge on any atom is 0.509 e. The van der Waals surface area contributed by atoms with Crippen LogP contribution < -0.4 is 0 Å². The van der Waals surface area contributed by atoms with Crippen LogP contribution in [-0.4, -0.2) is 69.4 Å². The molecule has 0 saturated carbocycles. The summed E-state index contributed by atoms with van der Waals surface area (Å²) >= 11 is 6.45. The maximum absolute atomic E-state index is 13.1. The lowest BCUT2D eigenvalue weighted by Gasteiger charge is -2.46. The Morgan fingerprint density at radius 1 is 1.15 bits per heavy atom. The minimum Gasteiger partial charge on any atom is -0.480 e. The van der Waals surface area contributed by atoms with Gasteiger partial charge in [-0.05, 0) is 54.4 Å². The summed E-state index contributed by atoms with van der Waals surface area (Å²) in [6, 6.07) is -1.38. The number of ether oxygens (including phenoxy) is 3. The Hall–Kier alpha value is -2.46. The number of nitrogens with zero attached hydrogens (tertiary/aromatic N) is 2. The number of halogens is 1. The van der Waals surface area contributed by atoms with Gasteiger partial charge in [0.1, 0.15) is 17.2 Å². The van der Waals surface area contributed by atoms with Gasteiger partial charge in [-0.15, -0.1) is 0 Å². The molecule has 0 bridgehead atoms. The number of likely N-dealkylation sites (tertiary alicyclic amines) is 1. The fourth-order valence-electron chi connectivity index (χ4n) is 4.26. The number of allylic oxidation sites excluding steroid dienone is 2. The van der Waals surface area contributed by atoms with Crippen molar-refractivity contribution in [2.24, 2.45) is 0 Å². The molecule has 1 saturated heterocycles. The first-order valence-corrected chi connectivity index (χ1v) is 11.1. The predicted molar refractivity (Wildman–Crippen MR) is 117 cm³/mol. The molecular formula is C22H31ClN2O8. The molecule has 184 valence electrons. The number of hydroxylamine groups is 2. The van der Waals surface area contributed by atoms with Crippen molar-refractivity contribution < 1.29 is 38.5 Å². The Bertz CT molecular complexity index is 916. The smallest absolute Gasteiger partial charge is 0.480 e. The summed E-state index contributed by atoms with van der Waals surface area (Å²) in [6.45, 7) is 10.0. The van der Waals surface area contributed by atoms with Gasteiger partial charge in [-0.3, -0.25) is 9.96 Å². The van der Waals surface area contributed by atoms with E-state index in [2.05, 4.69) is 0 Å². The van der Waals surface area contributed by atoms with Crippen LogP contribution in [0.5, 0.6) is 0 Å². The monoisotopic (exact) mass is 486 g/mol. The number of amides is 1. The third-order valence-electron chi connectivity index (χ3n) is 5.34. The van der Waals surface area contributed by atoms with Gasteiger partial charge in [-0.1, -0.05) is 17.7 Å². The minimum atomic E-state index is -1.63. The van der Waals surface area contributed by atoms with Gasteiger partial charge in [-0.25, -0.2) is 19.2 Å². The number of hydrogen-bond acceptors (Lipinski definition) is 8. The molecular weight excluding hydrogens is 456 g/mol. The largest absolute Gasteiger partial charge is 0.509 e. The first kappa shape index (κ1) is 25.2. The van der Waals surface area contributed by atoms with Crippen LogP contribution in [0.15, 0.2) is 22.4 Å². The predicted octanol–water partition coefficient (Wildman–Crippen LogP) is 4.14. The van der Waals surface area contributed by atoms with E-state index >= 15 is 0 Å². The van der Waals surface area contributed by atoms with Gasteiger partial charge >= 0.3 is 18.2 Å². The molecule has 1 N–H and O–H groups in total. The zero-order chi connectivity index (χ0) is 24.9. The number of rotatable bonds is 2. The fourth-order valence-corrected chi connectivity index (χ4v) is 4.60. The number of carboxylic acid groups (broad SMARTS) is 1. The van der Waals surface area contributed by atoms with Crippen LogP contribution in [0.4, 0.5) is 9.59 Å². The van der Waals surface area contributed by atoms with Crippen LogP contribution in [0.3, 0.4) is 0 Å². The van der Waals surface area contributed by atoms with E-state index in [0.717, 1.165) is 4.90 Å². The summed E-state index contributed by atoms with van der Waals surface area (Å²) in [5.74, 6) is -1.28. The average molecular weight is 487 g/mol. The molecule has 33 heavy (non-hydrogen) atoms. The lowest BCUT2D eigenvalue weighted by atomic mass is 9.82. The quantitative estimate of drug-likeness (QED) is 0.574. The van der Waals surface area contributed by atoms with E-state index in [0.29, 0.717) is 29.1 Å². The molecule has 2 aliphatic heterocycles. The number of aliphatic carboxylic acids is 1. The Morgan fingerprint density at radius 2 is 1.76 bits per heavy atom. The van der Waals surface area contributed by atoms with Crippen molar-refractivity contribution in [3.05, 3.63) is 22.4 Å². The molecule has 3 aliphatic rings. The molecule has 2 heterocycles. The standard InChI is InChI=1S/C22H31ClN2O8/c1-20(2,3)30-18(28)25-14(16(26)27)11-22(32-19(29)31-21(4,5)6)12-9-8-10-13(23)15(12)24(7)33-17(22)25/h10,14,17H,8-9,11H2,1-7H3,(H,26,27)/t14-,17+,22+/m0/s1. The highest BCUT2D eigenvalue weighted by Crippen LogP contribution is 2.52. The molecule has 0 spiro atoms. The second-order valence-electron chi connectivity index (χ2n) is 10.3. The molecule has 1 fully saturated rings. The molecule has 0 unspecified atom stereocenters. The topological polar surface area (TPSA) is 115 Å². The molecule has 0 aromatic heterocycles. The zero-order valence-electron chi connectivity index (χ0n) is 19.9.